The number of nitrogens with one attached hydrogen (secondary N) is 2. The van der Waals surface area contributed by atoms with Crippen LogP contribution in [0.1, 0.15) is 31.8 Å². The first-order valence-electron chi connectivity index (χ1n) is 12.5. The molecule has 13 heteroatoms. The molecule has 2 heterocycles. The lowest BCUT2D eigenvalue weighted by Crippen LogP contribution is -2.23. The molecule has 1 amide bonds. The Hall–Kier alpha value is -4.39. The molecule has 5 aromatic rings. The number of amides is 1. The average Bonchev–Trinajstić information content (AvgIpc) is 3.59. The second kappa shape index (κ2) is 12.2. The van der Waals surface area contributed by atoms with Gasteiger partial charge in [-0.1, -0.05) is 41.9 Å². The summed E-state index contributed by atoms with van der Waals surface area (Å²) in [6, 6.07) is 22.2. The van der Waals surface area contributed by atoms with Gasteiger partial charge >= 0.3 is 5.97 Å². The minimum atomic E-state index is -3.93. The number of nitrogens with zero attached hydrogens (tertiary/aromatic N) is 2. The van der Waals surface area contributed by atoms with Crippen molar-refractivity contribution in [1.82, 2.24) is 15.1 Å². The van der Waals surface area contributed by atoms with Gasteiger partial charge in [0.25, 0.3) is 15.9 Å². The van der Waals surface area contributed by atoms with E-state index in [1.807, 2.05) is 30.3 Å². The van der Waals surface area contributed by atoms with Gasteiger partial charge in [0.15, 0.2) is 5.82 Å². The SMILES string of the molecule is COC(=O)c1ccc(C(=O)NCc2cccc(Cn3nc(NS(=O)(=O)c4ccc(Cl)s4)c4c(OC)cccc43)c2)cc1. The van der Waals surface area contributed by atoms with Crippen LogP contribution in [0.2, 0.25) is 4.34 Å². The standard InChI is InChI=1S/C29H25ClN4O6S2/c1-39-23-8-4-7-22-26(23)27(33-42(37,38)25-14-13-24(30)41-25)32-34(22)17-19-6-3-5-18(15-19)16-31-28(35)20-9-11-21(12-10-20)29(36)40-2/h3-15H,16-17H2,1-2H3,(H,31,35)(H,32,33). The van der Waals surface area contributed by atoms with Gasteiger partial charge in [-0.2, -0.15) is 5.10 Å². The molecule has 0 unspecified atom stereocenters. The normalized spacial score (nSPS) is 11.3. The van der Waals surface area contributed by atoms with Gasteiger partial charge in [-0.3, -0.25) is 14.2 Å². The smallest absolute Gasteiger partial charge is 0.337 e. The van der Waals surface area contributed by atoms with E-state index in [4.69, 9.17) is 16.3 Å². The molecule has 5 rings (SSSR count). The highest BCUT2D eigenvalue weighted by Crippen LogP contribution is 2.35. The lowest BCUT2D eigenvalue weighted by atomic mass is 10.1. The molecule has 2 N–H and O–H groups in total. The molecule has 0 aliphatic heterocycles. The number of carbonyl (C=O) groups is 2. The summed E-state index contributed by atoms with van der Waals surface area (Å²) in [6.45, 7) is 0.598. The Morgan fingerprint density at radius 1 is 0.952 bits per heavy atom. The number of esters is 1. The third-order valence-corrected chi connectivity index (χ3v) is 9.41. The molecule has 42 heavy (non-hydrogen) atoms. The third-order valence-electron chi connectivity index (χ3n) is 6.35. The Kier molecular flexibility index (Phi) is 8.48. The summed E-state index contributed by atoms with van der Waals surface area (Å²) >= 11 is 6.91. The Morgan fingerprint density at radius 2 is 1.67 bits per heavy atom. The zero-order valence-electron chi connectivity index (χ0n) is 22.5. The number of ether oxygens (including phenoxy) is 2. The quantitative estimate of drug-likeness (QED) is 0.201. The van der Waals surface area contributed by atoms with Crippen molar-refractivity contribution in [3.05, 3.63) is 105 Å². The first-order chi connectivity index (χ1) is 20.2. The highest BCUT2D eigenvalue weighted by molar-refractivity contribution is 7.94. The van der Waals surface area contributed by atoms with E-state index in [1.54, 1.807) is 28.9 Å². The molecule has 0 radical (unpaired) electrons. The van der Waals surface area contributed by atoms with Crippen LogP contribution in [0, 0.1) is 0 Å². The second-order valence-electron chi connectivity index (χ2n) is 9.10. The molecule has 10 nitrogen and oxygen atoms in total. The number of sulfonamides is 1. The van der Waals surface area contributed by atoms with Crippen molar-refractivity contribution in [3.8, 4) is 5.75 Å². The summed E-state index contributed by atoms with van der Waals surface area (Å²) in [5.74, 6) is -0.157. The van der Waals surface area contributed by atoms with Gasteiger partial charge in [-0.15, -0.1) is 11.3 Å². The number of anilines is 1. The summed E-state index contributed by atoms with van der Waals surface area (Å²) in [6.07, 6.45) is 0. The van der Waals surface area contributed by atoms with E-state index in [-0.39, 0.29) is 22.5 Å². The molecule has 0 saturated carbocycles. The fraction of sp³-hybridized carbons (Fsp3) is 0.138. The van der Waals surface area contributed by atoms with Crippen LogP contribution in [0.5, 0.6) is 5.75 Å². The highest BCUT2D eigenvalue weighted by atomic mass is 35.5. The molecule has 0 aliphatic rings. The van der Waals surface area contributed by atoms with Crippen molar-refractivity contribution in [3.63, 3.8) is 0 Å². The molecule has 216 valence electrons. The fourth-order valence-corrected chi connectivity index (χ4v) is 6.84. The van der Waals surface area contributed by atoms with Crippen LogP contribution in [0.3, 0.4) is 0 Å². The molecule has 0 fully saturated rings. The lowest BCUT2D eigenvalue weighted by Gasteiger charge is -2.09. The van der Waals surface area contributed by atoms with Gasteiger partial charge in [-0.25, -0.2) is 13.2 Å². The van der Waals surface area contributed by atoms with E-state index in [1.165, 1.54) is 38.5 Å². The molecule has 0 saturated heterocycles. The summed E-state index contributed by atoms with van der Waals surface area (Å²) in [7, 11) is -1.13. The molecule has 2 aromatic heterocycles. The predicted octanol–water partition coefficient (Wildman–Crippen LogP) is 5.33. The van der Waals surface area contributed by atoms with Crippen LogP contribution in [0.4, 0.5) is 5.82 Å². The number of hydrogen-bond donors (Lipinski definition) is 2. The van der Waals surface area contributed by atoms with Crippen molar-refractivity contribution < 1.29 is 27.5 Å². The maximum Gasteiger partial charge on any atom is 0.337 e. The summed E-state index contributed by atoms with van der Waals surface area (Å²) in [5.41, 5.74) is 3.19. The maximum atomic E-state index is 13.1. The molecular weight excluding hydrogens is 600 g/mol. The minimum absolute atomic E-state index is 0.0688. The van der Waals surface area contributed by atoms with Crippen molar-refractivity contribution in [1.29, 1.82) is 0 Å². The molecule has 0 aliphatic carbocycles. The fourth-order valence-electron chi connectivity index (χ4n) is 4.35. The predicted molar refractivity (Wildman–Crippen MR) is 161 cm³/mol. The molecule has 0 spiro atoms. The van der Waals surface area contributed by atoms with E-state index in [2.05, 4.69) is 19.9 Å². The Bertz CT molecular complexity index is 1880. The van der Waals surface area contributed by atoms with Crippen LogP contribution < -0.4 is 14.8 Å². The molecule has 3 aromatic carbocycles. The zero-order chi connectivity index (χ0) is 29.9. The number of fused-ring (bicyclic) bond motifs is 1. The average molecular weight is 625 g/mol. The van der Waals surface area contributed by atoms with Crippen molar-refractivity contribution >= 4 is 61.6 Å². The Balaban J connectivity index is 1.35. The number of thiophene rings is 1. The van der Waals surface area contributed by atoms with E-state index in [0.29, 0.717) is 38.7 Å². The van der Waals surface area contributed by atoms with Crippen LogP contribution in [0.15, 0.2) is 83.1 Å². The first-order valence-corrected chi connectivity index (χ1v) is 15.2. The van der Waals surface area contributed by atoms with Crippen molar-refractivity contribution in [2.45, 2.75) is 17.3 Å². The van der Waals surface area contributed by atoms with E-state index in [9.17, 15) is 18.0 Å². The van der Waals surface area contributed by atoms with Crippen LogP contribution in [-0.4, -0.2) is 44.3 Å². The van der Waals surface area contributed by atoms with Gasteiger partial charge in [0.1, 0.15) is 9.96 Å². The lowest BCUT2D eigenvalue weighted by molar-refractivity contribution is 0.0600. The molecule has 0 bridgehead atoms. The number of rotatable bonds is 10. The van der Waals surface area contributed by atoms with Gasteiger partial charge in [0, 0.05) is 12.1 Å². The second-order valence-corrected chi connectivity index (χ2v) is 12.7. The maximum absolute atomic E-state index is 13.1. The third kappa shape index (κ3) is 6.25. The van der Waals surface area contributed by atoms with Crippen molar-refractivity contribution in [2.24, 2.45) is 0 Å². The topological polar surface area (TPSA) is 129 Å². The van der Waals surface area contributed by atoms with Crippen molar-refractivity contribution in [2.75, 3.05) is 18.9 Å². The highest BCUT2D eigenvalue weighted by Gasteiger charge is 2.23. The minimum Gasteiger partial charge on any atom is -0.496 e. The van der Waals surface area contributed by atoms with Gasteiger partial charge in [-0.05, 0) is 59.7 Å². The number of benzene rings is 3. The first kappa shape index (κ1) is 29.1. The summed E-state index contributed by atoms with van der Waals surface area (Å²) < 4.78 is 41.0. The Morgan fingerprint density at radius 3 is 2.36 bits per heavy atom. The van der Waals surface area contributed by atoms with Gasteiger partial charge in [0.05, 0.1) is 41.6 Å². The zero-order valence-corrected chi connectivity index (χ0v) is 24.8. The number of halogens is 1. The number of hydrogen-bond acceptors (Lipinski definition) is 8. The number of aromatic nitrogens is 2. The Labute approximate surface area is 250 Å². The largest absolute Gasteiger partial charge is 0.496 e. The van der Waals surface area contributed by atoms with Gasteiger partial charge < -0.3 is 14.8 Å². The van der Waals surface area contributed by atoms with E-state index >= 15 is 0 Å². The summed E-state index contributed by atoms with van der Waals surface area (Å²) in [5, 5.41) is 8.00. The van der Waals surface area contributed by atoms with E-state index < -0.39 is 16.0 Å². The molecule has 0 atom stereocenters. The molecular formula is C29H25ClN4O6S2. The van der Waals surface area contributed by atoms with E-state index in [0.717, 1.165) is 22.5 Å². The monoisotopic (exact) mass is 624 g/mol. The number of methoxy groups -OCH3 is 2. The van der Waals surface area contributed by atoms with Crippen LogP contribution >= 0.6 is 22.9 Å². The van der Waals surface area contributed by atoms with Crippen LogP contribution in [-0.2, 0) is 27.8 Å². The van der Waals surface area contributed by atoms with Crippen LogP contribution in [0.25, 0.3) is 10.9 Å². The summed E-state index contributed by atoms with van der Waals surface area (Å²) in [4.78, 5) is 24.3. The number of carbonyl (C=O) groups excluding carboxylic acids is 2. The van der Waals surface area contributed by atoms with Gasteiger partial charge in [0.2, 0.25) is 0 Å².